The Labute approximate surface area is 209 Å². The number of nitrogens with zero attached hydrogens (tertiary/aromatic N) is 4. The Morgan fingerprint density at radius 1 is 1.09 bits per heavy atom. The second-order valence-corrected chi connectivity index (χ2v) is 10.5. The van der Waals surface area contributed by atoms with Crippen LogP contribution in [0, 0.1) is 5.82 Å². The van der Waals surface area contributed by atoms with Crippen molar-refractivity contribution in [1.82, 2.24) is 20.2 Å². The van der Waals surface area contributed by atoms with Crippen LogP contribution in [0.3, 0.4) is 0 Å². The summed E-state index contributed by atoms with van der Waals surface area (Å²) in [5.41, 5.74) is 3.72. The van der Waals surface area contributed by atoms with Gasteiger partial charge in [0.25, 0.3) is 5.91 Å². The first-order chi connectivity index (χ1) is 17.1. The summed E-state index contributed by atoms with van der Waals surface area (Å²) in [5.74, 6) is -0.740. The number of hydrogen-bond donors (Lipinski definition) is 1. The van der Waals surface area contributed by atoms with Crippen LogP contribution in [-0.2, 0) is 4.79 Å². The van der Waals surface area contributed by atoms with Crippen molar-refractivity contribution in [2.75, 3.05) is 39.3 Å². The van der Waals surface area contributed by atoms with E-state index in [9.17, 15) is 14.0 Å². The third-order valence-corrected chi connectivity index (χ3v) is 8.05. The van der Waals surface area contributed by atoms with Gasteiger partial charge in [0, 0.05) is 43.9 Å². The van der Waals surface area contributed by atoms with E-state index >= 15 is 0 Å². The quantitative estimate of drug-likeness (QED) is 0.631. The summed E-state index contributed by atoms with van der Waals surface area (Å²) in [6.07, 6.45) is 8.92. The van der Waals surface area contributed by atoms with Gasteiger partial charge in [0.05, 0.1) is 4.91 Å². The largest absolute Gasteiger partial charge is 0.415 e. The number of amides is 2. The van der Waals surface area contributed by atoms with Crippen molar-refractivity contribution >= 4 is 35.0 Å². The maximum atomic E-state index is 14.1. The van der Waals surface area contributed by atoms with Gasteiger partial charge in [-0.25, -0.2) is 14.6 Å². The second kappa shape index (κ2) is 11.1. The molecular weight excluding hydrogens is 469 g/mol. The normalized spacial score (nSPS) is 23.6. The van der Waals surface area contributed by atoms with Crippen LogP contribution in [0.25, 0.3) is 6.08 Å². The van der Waals surface area contributed by atoms with Crippen LogP contribution in [0.2, 0.25) is 0 Å². The number of benzene rings is 1. The van der Waals surface area contributed by atoms with E-state index in [0.29, 0.717) is 34.8 Å². The molecule has 0 aromatic heterocycles. The fourth-order valence-electron chi connectivity index (χ4n) is 5.08. The number of aliphatic imine (C=N–C) groups is 1. The smallest absolute Gasteiger partial charge is 0.409 e. The molecule has 0 atom stereocenters. The van der Waals surface area contributed by atoms with E-state index in [-0.39, 0.29) is 11.7 Å². The number of likely N-dealkylation sites (tertiary alicyclic amines) is 2. The number of thioether (sulfide) groups is 1. The van der Waals surface area contributed by atoms with Gasteiger partial charge < -0.3 is 14.5 Å². The Balaban J connectivity index is 1.23. The van der Waals surface area contributed by atoms with Crippen molar-refractivity contribution < 1.29 is 18.7 Å². The summed E-state index contributed by atoms with van der Waals surface area (Å²) in [6.45, 7) is 5.18. The third-order valence-electron chi connectivity index (χ3n) is 7.04. The molecule has 3 fully saturated rings. The maximum absolute atomic E-state index is 14.1. The number of carbonyl (C=O) groups excluding carboxylic acids is 2. The number of hydrazine groups is 1. The first kappa shape index (κ1) is 24.3. The van der Waals surface area contributed by atoms with Crippen LogP contribution in [-0.4, -0.2) is 77.3 Å². The molecule has 0 unspecified atom stereocenters. The molecule has 4 aliphatic heterocycles. The highest BCUT2D eigenvalue weighted by Crippen LogP contribution is 2.33. The Bertz CT molecular complexity index is 1010. The van der Waals surface area contributed by atoms with Gasteiger partial charge in [-0.3, -0.25) is 9.80 Å². The van der Waals surface area contributed by atoms with Gasteiger partial charge >= 0.3 is 6.09 Å². The van der Waals surface area contributed by atoms with E-state index < -0.39 is 11.9 Å². The predicted molar refractivity (Wildman–Crippen MR) is 134 cm³/mol. The lowest BCUT2D eigenvalue weighted by Crippen LogP contribution is -2.48. The number of halogens is 1. The Hall–Kier alpha value is -2.43. The zero-order valence-corrected chi connectivity index (χ0v) is 20.7. The lowest BCUT2D eigenvalue weighted by Gasteiger charge is -2.39. The minimum absolute atomic E-state index is 0.110. The van der Waals surface area contributed by atoms with Gasteiger partial charge in [0.2, 0.25) is 0 Å². The molecule has 0 radical (unpaired) electrons. The zero-order valence-electron chi connectivity index (χ0n) is 19.9. The van der Waals surface area contributed by atoms with Crippen LogP contribution in [0.5, 0.6) is 5.75 Å². The van der Waals surface area contributed by atoms with Gasteiger partial charge in [-0.1, -0.05) is 6.42 Å². The van der Waals surface area contributed by atoms with Crippen molar-refractivity contribution in [2.24, 2.45) is 4.99 Å². The molecular formula is C25H32FN5O3S. The lowest BCUT2D eigenvalue weighted by molar-refractivity contribution is -0.113. The minimum Gasteiger partial charge on any atom is -0.409 e. The van der Waals surface area contributed by atoms with Crippen LogP contribution in [0.4, 0.5) is 9.18 Å². The molecule has 0 aliphatic carbocycles. The molecule has 8 nitrogen and oxygen atoms in total. The van der Waals surface area contributed by atoms with E-state index in [1.807, 2.05) is 5.01 Å². The summed E-state index contributed by atoms with van der Waals surface area (Å²) in [7, 11) is 0. The first-order valence-electron chi connectivity index (χ1n) is 12.6. The minimum atomic E-state index is -0.501. The molecule has 3 saturated heterocycles. The molecule has 188 valence electrons. The zero-order chi connectivity index (χ0) is 24.2. The number of piperidine rings is 2. The summed E-state index contributed by atoms with van der Waals surface area (Å²) in [4.78, 5) is 34.2. The highest BCUT2D eigenvalue weighted by atomic mass is 32.2. The topological polar surface area (TPSA) is 77.5 Å². The van der Waals surface area contributed by atoms with Crippen molar-refractivity contribution in [1.29, 1.82) is 0 Å². The average Bonchev–Trinajstić information content (AvgIpc) is 3.27. The predicted octanol–water partition coefficient (Wildman–Crippen LogP) is 3.85. The van der Waals surface area contributed by atoms with Gasteiger partial charge in [-0.2, -0.15) is 4.99 Å². The van der Waals surface area contributed by atoms with Crippen LogP contribution >= 0.6 is 11.8 Å². The van der Waals surface area contributed by atoms with Gasteiger partial charge in [-0.15, -0.1) is 0 Å². The molecule has 10 heteroatoms. The highest BCUT2D eigenvalue weighted by molar-refractivity contribution is 8.18. The molecule has 0 saturated carbocycles. The maximum Gasteiger partial charge on any atom is 0.415 e. The highest BCUT2D eigenvalue weighted by Gasteiger charge is 2.30. The van der Waals surface area contributed by atoms with Crippen LogP contribution < -0.4 is 10.2 Å². The van der Waals surface area contributed by atoms with Gasteiger partial charge in [0.1, 0.15) is 11.6 Å². The van der Waals surface area contributed by atoms with E-state index in [0.717, 1.165) is 51.9 Å². The molecule has 0 spiro atoms. The molecule has 35 heavy (non-hydrogen) atoms. The fourth-order valence-corrected chi connectivity index (χ4v) is 5.99. The van der Waals surface area contributed by atoms with Crippen molar-refractivity contribution in [3.63, 3.8) is 0 Å². The molecule has 1 aromatic carbocycles. The number of amidine groups is 1. The van der Waals surface area contributed by atoms with E-state index in [2.05, 4.69) is 15.3 Å². The van der Waals surface area contributed by atoms with E-state index in [4.69, 9.17) is 4.74 Å². The summed E-state index contributed by atoms with van der Waals surface area (Å²) in [5, 5.41) is 2.50. The van der Waals surface area contributed by atoms with E-state index in [1.54, 1.807) is 11.0 Å². The Kier molecular flexibility index (Phi) is 7.69. The second-order valence-electron chi connectivity index (χ2n) is 9.44. The number of ether oxygens (including phenoxy) is 1. The average molecular weight is 502 g/mol. The molecule has 2 amide bonds. The van der Waals surface area contributed by atoms with Gasteiger partial charge in [-0.05, 0) is 81.6 Å². The molecule has 4 aliphatic rings. The molecule has 0 bridgehead atoms. The van der Waals surface area contributed by atoms with E-state index in [1.165, 1.54) is 49.2 Å². The standard InChI is InChI=1S/C25H32FN5O3S/c26-19-7-6-18(16-22-23(32)28-24(35-22)31-13-5-2-10-27-31)21(17-19)34-25(33)30-14-8-20(9-15-30)29-11-3-1-4-12-29/h6-7,16-17,20,27H,1-5,8-15H2. The first-order valence-corrected chi connectivity index (χ1v) is 13.4. The molecule has 1 N–H and O–H groups in total. The van der Waals surface area contributed by atoms with Crippen molar-refractivity contribution in [3.8, 4) is 5.75 Å². The Morgan fingerprint density at radius 3 is 2.60 bits per heavy atom. The SMILES string of the molecule is O=C1N=C(N2CCCCN2)SC1=Cc1ccc(F)cc1OC(=O)N1CCC(N2CCCCC2)CC1. The third kappa shape index (κ3) is 5.87. The fraction of sp³-hybridized carbons (Fsp3) is 0.560. The van der Waals surface area contributed by atoms with Crippen LogP contribution in [0.15, 0.2) is 28.1 Å². The molecule has 5 rings (SSSR count). The molecule has 4 heterocycles. The molecule has 1 aromatic rings. The number of carbonyl (C=O) groups is 2. The van der Waals surface area contributed by atoms with Crippen LogP contribution in [0.1, 0.15) is 50.5 Å². The monoisotopic (exact) mass is 501 g/mol. The number of nitrogens with one attached hydrogen (secondary N) is 1. The van der Waals surface area contributed by atoms with Crippen molar-refractivity contribution in [3.05, 3.63) is 34.5 Å². The van der Waals surface area contributed by atoms with Gasteiger partial charge in [0.15, 0.2) is 5.17 Å². The summed E-state index contributed by atoms with van der Waals surface area (Å²) >= 11 is 1.27. The lowest BCUT2D eigenvalue weighted by atomic mass is 10.0. The summed E-state index contributed by atoms with van der Waals surface area (Å²) < 4.78 is 19.7. The number of hydrogen-bond acceptors (Lipinski definition) is 7. The summed E-state index contributed by atoms with van der Waals surface area (Å²) in [6, 6.07) is 4.54. The Morgan fingerprint density at radius 2 is 1.86 bits per heavy atom. The van der Waals surface area contributed by atoms with Crippen molar-refractivity contribution in [2.45, 2.75) is 51.0 Å². The number of rotatable bonds is 3.